The van der Waals surface area contributed by atoms with Gasteiger partial charge < -0.3 is 11.5 Å². The fourth-order valence-electron chi connectivity index (χ4n) is 2.63. The smallest absolute Gasteiger partial charge is 0.228 e. The molecule has 0 spiro atoms. The Morgan fingerprint density at radius 1 is 1.18 bits per heavy atom. The van der Waals surface area contributed by atoms with Gasteiger partial charge in [-0.3, -0.25) is 4.79 Å². The fraction of sp³-hybridized carbons (Fsp3) is 0.500. The Labute approximate surface area is 101 Å². The molecule has 1 aromatic rings. The normalized spacial score (nSPS) is 23.1. The number of carbonyl (C=O) groups is 1. The minimum Gasteiger partial charge on any atom is -0.369 e. The summed E-state index contributed by atoms with van der Waals surface area (Å²) < 4.78 is 0. The standard InChI is InChI=1S/C14H18N2O/c15-12(17)14(7-8-14)11-4-2-1-3-10(11)9-13(16)5-6-13/h1-4H,5-9,16H2,(H2,15,17). The summed E-state index contributed by atoms with van der Waals surface area (Å²) in [5.74, 6) is -0.188. The quantitative estimate of drug-likeness (QED) is 0.817. The van der Waals surface area contributed by atoms with Gasteiger partial charge in [0.2, 0.25) is 5.91 Å². The van der Waals surface area contributed by atoms with E-state index in [0.717, 1.165) is 37.7 Å². The molecular weight excluding hydrogens is 212 g/mol. The molecule has 0 bridgehead atoms. The van der Waals surface area contributed by atoms with Crippen molar-refractivity contribution < 1.29 is 4.79 Å². The van der Waals surface area contributed by atoms with Gasteiger partial charge in [0.25, 0.3) is 0 Å². The first kappa shape index (κ1) is 10.8. The number of primary amides is 1. The molecule has 0 heterocycles. The molecule has 2 saturated carbocycles. The van der Waals surface area contributed by atoms with Crippen molar-refractivity contribution in [2.75, 3.05) is 0 Å². The zero-order valence-corrected chi connectivity index (χ0v) is 9.91. The van der Waals surface area contributed by atoms with Crippen LogP contribution >= 0.6 is 0 Å². The van der Waals surface area contributed by atoms with Crippen LogP contribution in [0.1, 0.15) is 36.8 Å². The monoisotopic (exact) mass is 230 g/mol. The number of rotatable bonds is 4. The topological polar surface area (TPSA) is 69.1 Å². The SMILES string of the molecule is NC(=O)C1(c2ccccc2CC2(N)CC2)CC1. The Kier molecular flexibility index (Phi) is 2.11. The van der Waals surface area contributed by atoms with E-state index >= 15 is 0 Å². The maximum Gasteiger partial charge on any atom is 0.228 e. The van der Waals surface area contributed by atoms with Gasteiger partial charge in [0, 0.05) is 5.54 Å². The van der Waals surface area contributed by atoms with Gasteiger partial charge in [-0.15, -0.1) is 0 Å². The van der Waals surface area contributed by atoms with Crippen molar-refractivity contribution in [3.63, 3.8) is 0 Å². The molecule has 2 aliphatic carbocycles. The Balaban J connectivity index is 1.96. The van der Waals surface area contributed by atoms with Crippen LogP contribution in [0.2, 0.25) is 0 Å². The first-order valence-electron chi connectivity index (χ1n) is 6.23. The molecule has 3 heteroatoms. The molecule has 0 aliphatic heterocycles. The van der Waals surface area contributed by atoms with E-state index in [2.05, 4.69) is 6.07 Å². The molecule has 0 unspecified atom stereocenters. The zero-order chi connectivity index (χ0) is 12.1. The summed E-state index contributed by atoms with van der Waals surface area (Å²) in [7, 11) is 0. The van der Waals surface area contributed by atoms with Crippen molar-refractivity contribution in [1.82, 2.24) is 0 Å². The average molecular weight is 230 g/mol. The third-order valence-electron chi connectivity index (χ3n) is 4.19. The number of benzene rings is 1. The Morgan fingerprint density at radius 2 is 1.82 bits per heavy atom. The van der Waals surface area contributed by atoms with Crippen molar-refractivity contribution in [3.8, 4) is 0 Å². The number of hydrogen-bond acceptors (Lipinski definition) is 2. The summed E-state index contributed by atoms with van der Waals surface area (Å²) in [6.07, 6.45) is 4.82. The minimum absolute atomic E-state index is 0.0240. The molecule has 2 fully saturated rings. The molecule has 1 aromatic carbocycles. The largest absolute Gasteiger partial charge is 0.369 e. The number of nitrogens with two attached hydrogens (primary N) is 2. The molecule has 3 rings (SSSR count). The van der Waals surface area contributed by atoms with Crippen LogP contribution in [0.25, 0.3) is 0 Å². The molecule has 3 nitrogen and oxygen atoms in total. The molecule has 0 radical (unpaired) electrons. The second-order valence-corrected chi connectivity index (χ2v) is 5.64. The van der Waals surface area contributed by atoms with Crippen LogP contribution in [0, 0.1) is 0 Å². The Morgan fingerprint density at radius 3 is 2.35 bits per heavy atom. The Hall–Kier alpha value is -1.35. The second-order valence-electron chi connectivity index (χ2n) is 5.64. The number of carbonyl (C=O) groups excluding carboxylic acids is 1. The lowest BCUT2D eigenvalue weighted by Gasteiger charge is -2.18. The van der Waals surface area contributed by atoms with Crippen LogP contribution in [0.4, 0.5) is 0 Å². The molecular formula is C14H18N2O. The van der Waals surface area contributed by atoms with E-state index in [4.69, 9.17) is 11.5 Å². The van der Waals surface area contributed by atoms with Crippen molar-refractivity contribution in [2.24, 2.45) is 11.5 Å². The third kappa shape index (κ3) is 1.75. The third-order valence-corrected chi connectivity index (χ3v) is 4.19. The van der Waals surface area contributed by atoms with Crippen LogP contribution in [0.3, 0.4) is 0 Å². The molecule has 17 heavy (non-hydrogen) atoms. The summed E-state index contributed by atoms with van der Waals surface area (Å²) in [5.41, 5.74) is 13.6. The number of hydrogen-bond donors (Lipinski definition) is 2. The highest BCUT2D eigenvalue weighted by atomic mass is 16.1. The van der Waals surface area contributed by atoms with Crippen molar-refractivity contribution in [1.29, 1.82) is 0 Å². The van der Waals surface area contributed by atoms with Gasteiger partial charge in [0.05, 0.1) is 5.41 Å². The Bertz CT molecular complexity index is 473. The molecule has 0 saturated heterocycles. The van der Waals surface area contributed by atoms with Gasteiger partial charge in [0.1, 0.15) is 0 Å². The second kappa shape index (κ2) is 3.33. The zero-order valence-electron chi connectivity index (χ0n) is 9.91. The van der Waals surface area contributed by atoms with Crippen LogP contribution in [-0.4, -0.2) is 11.4 Å². The van der Waals surface area contributed by atoms with E-state index in [0.29, 0.717) is 0 Å². The van der Waals surface area contributed by atoms with E-state index in [1.54, 1.807) is 0 Å². The van der Waals surface area contributed by atoms with Gasteiger partial charge in [0.15, 0.2) is 0 Å². The minimum atomic E-state index is -0.387. The molecule has 4 N–H and O–H groups in total. The fourth-order valence-corrected chi connectivity index (χ4v) is 2.63. The highest BCUT2D eigenvalue weighted by Gasteiger charge is 2.51. The highest BCUT2D eigenvalue weighted by Crippen LogP contribution is 2.50. The lowest BCUT2D eigenvalue weighted by atomic mass is 9.87. The van der Waals surface area contributed by atoms with E-state index < -0.39 is 0 Å². The van der Waals surface area contributed by atoms with Crippen LogP contribution < -0.4 is 11.5 Å². The summed E-state index contributed by atoms with van der Waals surface area (Å²) in [5, 5.41) is 0. The first-order chi connectivity index (χ1) is 8.06. The van der Waals surface area contributed by atoms with Gasteiger partial charge >= 0.3 is 0 Å². The van der Waals surface area contributed by atoms with E-state index in [1.165, 1.54) is 5.56 Å². The van der Waals surface area contributed by atoms with E-state index in [1.807, 2.05) is 18.2 Å². The van der Waals surface area contributed by atoms with Crippen LogP contribution in [-0.2, 0) is 16.6 Å². The van der Waals surface area contributed by atoms with Gasteiger partial charge in [-0.25, -0.2) is 0 Å². The molecule has 2 aliphatic rings. The van der Waals surface area contributed by atoms with Gasteiger partial charge in [-0.2, -0.15) is 0 Å². The number of amides is 1. The predicted octanol–water partition coefficient (Wildman–Crippen LogP) is 1.24. The van der Waals surface area contributed by atoms with Crippen molar-refractivity contribution in [3.05, 3.63) is 35.4 Å². The average Bonchev–Trinajstić information content (AvgIpc) is 3.17. The van der Waals surface area contributed by atoms with E-state index in [-0.39, 0.29) is 16.9 Å². The molecule has 0 aromatic heterocycles. The lowest BCUT2D eigenvalue weighted by molar-refractivity contribution is -0.120. The maximum absolute atomic E-state index is 11.6. The highest BCUT2D eigenvalue weighted by molar-refractivity contribution is 5.90. The summed E-state index contributed by atoms with van der Waals surface area (Å²) >= 11 is 0. The van der Waals surface area contributed by atoms with Gasteiger partial charge in [-0.1, -0.05) is 24.3 Å². The van der Waals surface area contributed by atoms with Crippen molar-refractivity contribution >= 4 is 5.91 Å². The summed E-state index contributed by atoms with van der Waals surface area (Å²) in [4.78, 5) is 11.6. The predicted molar refractivity (Wildman–Crippen MR) is 66.4 cm³/mol. The molecule has 90 valence electrons. The maximum atomic E-state index is 11.6. The van der Waals surface area contributed by atoms with Crippen LogP contribution in [0.15, 0.2) is 24.3 Å². The summed E-state index contributed by atoms with van der Waals surface area (Å²) in [6.45, 7) is 0. The van der Waals surface area contributed by atoms with Crippen LogP contribution in [0.5, 0.6) is 0 Å². The van der Waals surface area contributed by atoms with E-state index in [9.17, 15) is 4.79 Å². The lowest BCUT2D eigenvalue weighted by Crippen LogP contribution is -2.31. The molecule has 0 atom stereocenters. The molecule has 1 amide bonds. The summed E-state index contributed by atoms with van der Waals surface area (Å²) in [6, 6.07) is 8.13. The first-order valence-corrected chi connectivity index (χ1v) is 6.23. The van der Waals surface area contributed by atoms with Crippen molar-refractivity contribution in [2.45, 2.75) is 43.1 Å². The van der Waals surface area contributed by atoms with Gasteiger partial charge in [-0.05, 0) is 43.2 Å².